The molecule has 1 heterocycles. The SMILES string of the molecule is O=C(O)CC(Cc1ccccc1OCCCCC1CCNCC1)NC(=O)c1ccccc1. The summed E-state index contributed by atoms with van der Waals surface area (Å²) < 4.78 is 6.05. The van der Waals surface area contributed by atoms with Crippen LogP contribution in [-0.4, -0.2) is 42.7 Å². The molecule has 3 N–H and O–H groups in total. The molecule has 1 aliphatic heterocycles. The Morgan fingerprint density at radius 3 is 2.50 bits per heavy atom. The number of carboxylic acids is 1. The first-order valence-corrected chi connectivity index (χ1v) is 11.6. The number of aliphatic carboxylic acids is 1. The van der Waals surface area contributed by atoms with Crippen molar-refractivity contribution in [1.82, 2.24) is 10.6 Å². The molecule has 0 radical (unpaired) electrons. The van der Waals surface area contributed by atoms with Gasteiger partial charge in [0.15, 0.2) is 0 Å². The van der Waals surface area contributed by atoms with Gasteiger partial charge in [-0.05, 0) is 74.9 Å². The quantitative estimate of drug-likeness (QED) is 0.435. The van der Waals surface area contributed by atoms with Crippen LogP contribution in [0.4, 0.5) is 0 Å². The summed E-state index contributed by atoms with van der Waals surface area (Å²) >= 11 is 0. The van der Waals surface area contributed by atoms with Crippen molar-refractivity contribution < 1.29 is 19.4 Å². The lowest BCUT2D eigenvalue weighted by molar-refractivity contribution is -0.137. The number of nitrogens with one attached hydrogen (secondary N) is 2. The van der Waals surface area contributed by atoms with Gasteiger partial charge in [0.25, 0.3) is 5.91 Å². The molecule has 1 amide bonds. The lowest BCUT2D eigenvalue weighted by atomic mass is 9.93. The summed E-state index contributed by atoms with van der Waals surface area (Å²) in [4.78, 5) is 23.9. The van der Waals surface area contributed by atoms with Crippen LogP contribution in [-0.2, 0) is 11.2 Å². The summed E-state index contributed by atoms with van der Waals surface area (Å²) in [6, 6.07) is 16.0. The van der Waals surface area contributed by atoms with E-state index in [-0.39, 0.29) is 12.3 Å². The molecular weight excluding hydrogens is 404 g/mol. The Hall–Kier alpha value is -2.86. The zero-order valence-electron chi connectivity index (χ0n) is 18.6. The molecule has 2 aromatic rings. The number of rotatable bonds is 12. The Morgan fingerprint density at radius 2 is 1.75 bits per heavy atom. The molecule has 6 nitrogen and oxygen atoms in total. The van der Waals surface area contributed by atoms with Crippen LogP contribution in [0.3, 0.4) is 0 Å². The van der Waals surface area contributed by atoms with E-state index in [0.29, 0.717) is 18.6 Å². The second kappa shape index (κ2) is 12.9. The summed E-state index contributed by atoms with van der Waals surface area (Å²) in [5.41, 5.74) is 1.42. The van der Waals surface area contributed by atoms with Gasteiger partial charge < -0.3 is 20.5 Å². The molecular formula is C26H34N2O4. The molecule has 3 rings (SSSR count). The van der Waals surface area contributed by atoms with Crippen LogP contribution in [0.25, 0.3) is 0 Å². The van der Waals surface area contributed by atoms with E-state index in [0.717, 1.165) is 43.2 Å². The van der Waals surface area contributed by atoms with Gasteiger partial charge in [-0.1, -0.05) is 42.8 Å². The van der Waals surface area contributed by atoms with E-state index in [2.05, 4.69) is 10.6 Å². The molecule has 6 heteroatoms. The number of hydrogen-bond acceptors (Lipinski definition) is 4. The van der Waals surface area contributed by atoms with E-state index in [1.807, 2.05) is 30.3 Å². The van der Waals surface area contributed by atoms with Crippen LogP contribution in [0, 0.1) is 5.92 Å². The summed E-state index contributed by atoms with van der Waals surface area (Å²) in [6.45, 7) is 2.90. The van der Waals surface area contributed by atoms with E-state index < -0.39 is 12.0 Å². The third kappa shape index (κ3) is 8.00. The van der Waals surface area contributed by atoms with E-state index in [9.17, 15) is 14.7 Å². The molecule has 0 spiro atoms. The van der Waals surface area contributed by atoms with Crippen molar-refractivity contribution in [3.8, 4) is 5.75 Å². The third-order valence-electron chi connectivity index (χ3n) is 5.95. The fourth-order valence-electron chi connectivity index (χ4n) is 4.21. The normalized spacial score (nSPS) is 15.1. The zero-order chi connectivity index (χ0) is 22.6. The van der Waals surface area contributed by atoms with E-state index in [1.165, 1.54) is 19.3 Å². The van der Waals surface area contributed by atoms with Crippen molar-refractivity contribution in [2.24, 2.45) is 5.92 Å². The van der Waals surface area contributed by atoms with Crippen molar-refractivity contribution in [2.75, 3.05) is 19.7 Å². The zero-order valence-corrected chi connectivity index (χ0v) is 18.6. The van der Waals surface area contributed by atoms with Crippen LogP contribution >= 0.6 is 0 Å². The highest BCUT2D eigenvalue weighted by Gasteiger charge is 2.19. The molecule has 172 valence electrons. The van der Waals surface area contributed by atoms with E-state index in [1.54, 1.807) is 24.3 Å². The number of unbranched alkanes of at least 4 members (excludes halogenated alkanes) is 1. The van der Waals surface area contributed by atoms with Crippen LogP contribution in [0.1, 0.15) is 54.4 Å². The number of piperidine rings is 1. The lowest BCUT2D eigenvalue weighted by Gasteiger charge is -2.22. The standard InChI is InChI=1S/C26H34N2O4/c29-25(30)19-23(28-26(31)21-9-2-1-3-10-21)18-22-11-4-5-12-24(22)32-17-7-6-8-20-13-15-27-16-14-20/h1-5,9-12,20,23,27H,6-8,13-19H2,(H,28,31)(H,29,30). The van der Waals surface area contributed by atoms with Gasteiger partial charge in [0, 0.05) is 11.6 Å². The first kappa shape index (κ1) is 23.8. The minimum atomic E-state index is -0.945. The largest absolute Gasteiger partial charge is 0.493 e. The molecule has 0 bridgehead atoms. The number of carbonyl (C=O) groups is 2. The smallest absolute Gasteiger partial charge is 0.305 e. The first-order chi connectivity index (χ1) is 15.6. The Kier molecular flexibility index (Phi) is 9.57. The molecule has 0 aliphatic carbocycles. The fourth-order valence-corrected chi connectivity index (χ4v) is 4.21. The Labute approximate surface area is 190 Å². The van der Waals surface area contributed by atoms with Crippen molar-refractivity contribution in [2.45, 2.75) is 51.0 Å². The lowest BCUT2D eigenvalue weighted by Crippen LogP contribution is -2.38. The first-order valence-electron chi connectivity index (χ1n) is 11.6. The molecule has 1 saturated heterocycles. The monoisotopic (exact) mass is 438 g/mol. The molecule has 32 heavy (non-hydrogen) atoms. The predicted molar refractivity (Wildman–Crippen MR) is 125 cm³/mol. The van der Waals surface area contributed by atoms with Gasteiger partial charge in [-0.3, -0.25) is 9.59 Å². The van der Waals surface area contributed by atoms with Crippen LogP contribution < -0.4 is 15.4 Å². The molecule has 0 aromatic heterocycles. The minimum absolute atomic E-state index is 0.150. The van der Waals surface area contributed by atoms with Gasteiger partial charge in [-0.25, -0.2) is 0 Å². The molecule has 1 unspecified atom stereocenters. The van der Waals surface area contributed by atoms with E-state index in [4.69, 9.17) is 4.74 Å². The second-order valence-electron chi connectivity index (χ2n) is 8.48. The van der Waals surface area contributed by atoms with Gasteiger partial charge in [-0.2, -0.15) is 0 Å². The average molecular weight is 439 g/mol. The topological polar surface area (TPSA) is 87.7 Å². The van der Waals surface area contributed by atoms with Crippen molar-refractivity contribution >= 4 is 11.9 Å². The minimum Gasteiger partial charge on any atom is -0.493 e. The predicted octanol–water partition coefficient (Wildman–Crippen LogP) is 4.05. The Balaban J connectivity index is 1.53. The average Bonchev–Trinajstić information content (AvgIpc) is 2.80. The van der Waals surface area contributed by atoms with Gasteiger partial charge in [0.1, 0.15) is 5.75 Å². The number of ether oxygens (including phenoxy) is 1. The summed E-state index contributed by atoms with van der Waals surface area (Å²) in [7, 11) is 0. The third-order valence-corrected chi connectivity index (χ3v) is 5.95. The summed E-state index contributed by atoms with van der Waals surface area (Å²) in [6.07, 6.45) is 6.19. The molecule has 0 saturated carbocycles. The summed E-state index contributed by atoms with van der Waals surface area (Å²) in [5.74, 6) is 0.375. The molecule has 2 aromatic carbocycles. The maximum Gasteiger partial charge on any atom is 0.305 e. The number of para-hydroxylation sites is 1. The van der Waals surface area contributed by atoms with E-state index >= 15 is 0 Å². The Bertz CT molecular complexity index is 850. The number of carboxylic acid groups (broad SMARTS) is 1. The number of amides is 1. The van der Waals surface area contributed by atoms with Gasteiger partial charge in [0.2, 0.25) is 0 Å². The molecule has 1 fully saturated rings. The van der Waals surface area contributed by atoms with Gasteiger partial charge in [0.05, 0.1) is 13.0 Å². The molecule has 1 atom stereocenters. The van der Waals surface area contributed by atoms with Crippen molar-refractivity contribution in [3.63, 3.8) is 0 Å². The van der Waals surface area contributed by atoms with Crippen LogP contribution in [0.15, 0.2) is 54.6 Å². The van der Waals surface area contributed by atoms with Crippen LogP contribution in [0.5, 0.6) is 5.75 Å². The fraction of sp³-hybridized carbons (Fsp3) is 0.462. The number of hydrogen-bond donors (Lipinski definition) is 3. The maximum atomic E-state index is 12.5. The highest BCUT2D eigenvalue weighted by atomic mass is 16.5. The van der Waals surface area contributed by atoms with Gasteiger partial charge >= 0.3 is 5.97 Å². The van der Waals surface area contributed by atoms with Crippen molar-refractivity contribution in [3.05, 3.63) is 65.7 Å². The highest BCUT2D eigenvalue weighted by molar-refractivity contribution is 5.94. The van der Waals surface area contributed by atoms with Gasteiger partial charge in [-0.15, -0.1) is 0 Å². The van der Waals surface area contributed by atoms with Crippen LogP contribution in [0.2, 0.25) is 0 Å². The maximum absolute atomic E-state index is 12.5. The summed E-state index contributed by atoms with van der Waals surface area (Å²) in [5, 5.41) is 15.6. The second-order valence-corrected chi connectivity index (χ2v) is 8.48. The molecule has 1 aliphatic rings. The number of carbonyl (C=O) groups excluding carboxylic acids is 1. The highest BCUT2D eigenvalue weighted by Crippen LogP contribution is 2.22. The van der Waals surface area contributed by atoms with Crippen molar-refractivity contribution in [1.29, 1.82) is 0 Å². The number of benzene rings is 2. The Morgan fingerprint density at radius 1 is 1.03 bits per heavy atom.